The number of aromatic nitrogens is 1. The molecule has 0 N–H and O–H groups in total. The summed E-state index contributed by atoms with van der Waals surface area (Å²) in [4.78, 5) is 31.1. The molecule has 5 nitrogen and oxygen atoms in total. The fourth-order valence-electron chi connectivity index (χ4n) is 12.5. The van der Waals surface area contributed by atoms with Crippen molar-refractivity contribution < 1.29 is 18.7 Å². The van der Waals surface area contributed by atoms with Crippen LogP contribution in [0.3, 0.4) is 0 Å². The van der Waals surface area contributed by atoms with Gasteiger partial charge in [-0.15, -0.1) is 0 Å². The van der Waals surface area contributed by atoms with Gasteiger partial charge in [-0.2, -0.15) is 0 Å². The lowest BCUT2D eigenvalue weighted by atomic mass is 9.33. The zero-order valence-corrected chi connectivity index (χ0v) is 29.8. The third kappa shape index (κ3) is 4.42. The van der Waals surface area contributed by atoms with E-state index in [1.54, 1.807) is 13.1 Å². The van der Waals surface area contributed by atoms with Crippen LogP contribution < -0.4 is 0 Å². The molecule has 0 aliphatic heterocycles. The van der Waals surface area contributed by atoms with Crippen molar-refractivity contribution in [2.75, 3.05) is 0 Å². The van der Waals surface area contributed by atoms with Gasteiger partial charge >= 0.3 is 5.97 Å². The molecule has 0 saturated heterocycles. The fraction of sp³-hybridized carbons (Fsp3) is 0.675. The molecule has 0 amide bonds. The number of hydrogen-bond donors (Lipinski definition) is 0. The Hall–Kier alpha value is -2.40. The summed E-state index contributed by atoms with van der Waals surface area (Å²) in [6.07, 6.45) is 10.7. The van der Waals surface area contributed by atoms with Crippen LogP contribution in [0.25, 0.3) is 11.5 Å². The van der Waals surface area contributed by atoms with E-state index in [1.807, 2.05) is 24.3 Å². The third-order valence-electron chi connectivity index (χ3n) is 14.6. The van der Waals surface area contributed by atoms with Gasteiger partial charge in [-0.25, -0.2) is 4.98 Å². The number of ether oxygens (including phenoxy) is 1. The van der Waals surface area contributed by atoms with Gasteiger partial charge in [0.05, 0.1) is 12.1 Å². The van der Waals surface area contributed by atoms with Crippen LogP contribution in [0.1, 0.15) is 118 Å². The number of esters is 1. The lowest BCUT2D eigenvalue weighted by Crippen LogP contribution is -2.65. The van der Waals surface area contributed by atoms with Crippen molar-refractivity contribution in [2.24, 2.45) is 51.2 Å². The van der Waals surface area contributed by atoms with Crippen molar-refractivity contribution >= 4 is 23.4 Å². The van der Waals surface area contributed by atoms with E-state index in [1.165, 1.54) is 24.8 Å². The molecular formula is C40H52ClNO4. The molecule has 4 fully saturated rings. The molecule has 0 radical (unpaired) electrons. The lowest BCUT2D eigenvalue weighted by Gasteiger charge is -2.71. The average molecular weight is 646 g/mol. The van der Waals surface area contributed by atoms with E-state index in [-0.39, 0.29) is 57.3 Å². The van der Waals surface area contributed by atoms with Crippen LogP contribution in [-0.4, -0.2) is 22.8 Å². The first-order chi connectivity index (χ1) is 21.6. The zero-order valence-electron chi connectivity index (χ0n) is 29.0. The second kappa shape index (κ2) is 10.8. The molecule has 5 aliphatic rings. The fourth-order valence-corrected chi connectivity index (χ4v) is 12.6. The summed E-state index contributed by atoms with van der Waals surface area (Å²) in [5.74, 6) is 2.96. The maximum Gasteiger partial charge on any atom is 0.302 e. The second-order valence-electron chi connectivity index (χ2n) is 17.2. The predicted molar refractivity (Wildman–Crippen MR) is 181 cm³/mol. The zero-order chi connectivity index (χ0) is 33.0. The minimum Gasteiger partial charge on any atom is -0.462 e. The van der Waals surface area contributed by atoms with Crippen molar-refractivity contribution in [2.45, 2.75) is 119 Å². The Bertz CT molecular complexity index is 1590. The average Bonchev–Trinajstić information content (AvgIpc) is 3.57. The molecule has 6 heteroatoms. The van der Waals surface area contributed by atoms with E-state index in [4.69, 9.17) is 20.8 Å². The molecule has 46 heavy (non-hydrogen) atoms. The molecule has 7 rings (SSSR count). The molecule has 0 bridgehead atoms. The number of hydrogen-bond acceptors (Lipinski definition) is 5. The molecular weight excluding hydrogens is 594 g/mol. The standard InChI is InChI=1S/C40H52ClNO4/c1-22(2)32-33-26(34(35(32)44)28-21-42-36(46-28)24-9-11-25(41)12-10-24)15-19-39(7)27(33)13-14-30-38(6)18-17-31(45-23(3)43)37(4,5)29(38)16-20-40(30,39)8/h9-12,21-22,26-27,29-31,34H,13-20H2,1-8H3/t26?,27-,29+,30-,31+,34-,38+,39-,40-/m1/s1. The van der Waals surface area contributed by atoms with Crippen LogP contribution in [0.5, 0.6) is 0 Å². The molecule has 248 valence electrons. The van der Waals surface area contributed by atoms with E-state index >= 15 is 0 Å². The van der Waals surface area contributed by atoms with Gasteiger partial charge in [0.15, 0.2) is 5.78 Å². The molecule has 9 atom stereocenters. The van der Waals surface area contributed by atoms with Gasteiger partial charge in [-0.05, 0) is 127 Å². The molecule has 0 spiro atoms. The quantitative estimate of drug-likeness (QED) is 0.309. The number of ketones is 1. The van der Waals surface area contributed by atoms with Crippen molar-refractivity contribution in [3.63, 3.8) is 0 Å². The number of benzene rings is 1. The Morgan fingerprint density at radius 3 is 2.30 bits per heavy atom. The summed E-state index contributed by atoms with van der Waals surface area (Å²) in [7, 11) is 0. The number of rotatable bonds is 4. The van der Waals surface area contributed by atoms with Crippen LogP contribution in [-0.2, 0) is 14.3 Å². The first-order valence-corrected chi connectivity index (χ1v) is 18.2. The van der Waals surface area contributed by atoms with E-state index in [9.17, 15) is 9.59 Å². The number of fused-ring (bicyclic) bond motifs is 7. The second-order valence-corrected chi connectivity index (χ2v) is 17.6. The normalized spacial score (nSPS) is 39.8. The monoisotopic (exact) mass is 645 g/mol. The minimum absolute atomic E-state index is 0.00807. The Morgan fingerprint density at radius 2 is 1.63 bits per heavy atom. The number of carbonyl (C=O) groups excluding carboxylic acids is 2. The molecule has 1 aromatic carbocycles. The predicted octanol–water partition coefficient (Wildman–Crippen LogP) is 10.2. The molecule has 1 heterocycles. The number of carbonyl (C=O) groups is 2. The Kier molecular flexibility index (Phi) is 7.55. The first kappa shape index (κ1) is 32.2. The largest absolute Gasteiger partial charge is 0.462 e. The summed E-state index contributed by atoms with van der Waals surface area (Å²) >= 11 is 6.13. The minimum atomic E-state index is -0.290. The maximum absolute atomic E-state index is 14.5. The highest BCUT2D eigenvalue weighted by atomic mass is 35.5. The van der Waals surface area contributed by atoms with Gasteiger partial charge in [-0.3, -0.25) is 9.59 Å². The van der Waals surface area contributed by atoms with Crippen molar-refractivity contribution in [1.82, 2.24) is 4.98 Å². The van der Waals surface area contributed by atoms with Gasteiger partial charge in [0.1, 0.15) is 11.9 Å². The van der Waals surface area contributed by atoms with E-state index in [0.29, 0.717) is 34.4 Å². The van der Waals surface area contributed by atoms with Crippen LogP contribution >= 0.6 is 11.6 Å². The van der Waals surface area contributed by atoms with Gasteiger partial charge in [0, 0.05) is 22.9 Å². The maximum atomic E-state index is 14.5. The summed E-state index contributed by atoms with van der Waals surface area (Å²) < 4.78 is 12.3. The Balaban J connectivity index is 1.22. The lowest BCUT2D eigenvalue weighted by molar-refractivity contribution is -0.231. The number of oxazole rings is 1. The molecule has 1 unspecified atom stereocenters. The molecule has 1 aromatic heterocycles. The topological polar surface area (TPSA) is 69.4 Å². The van der Waals surface area contributed by atoms with Gasteiger partial charge in [0.2, 0.25) is 5.89 Å². The van der Waals surface area contributed by atoms with Gasteiger partial charge in [0.25, 0.3) is 0 Å². The van der Waals surface area contributed by atoms with E-state index in [2.05, 4.69) is 53.5 Å². The Labute approximate surface area is 280 Å². The van der Waals surface area contributed by atoms with Crippen LogP contribution in [0.2, 0.25) is 5.02 Å². The first-order valence-electron chi connectivity index (χ1n) is 17.8. The van der Waals surface area contributed by atoms with Crippen LogP contribution in [0.15, 0.2) is 46.0 Å². The number of halogens is 1. The van der Waals surface area contributed by atoms with Crippen molar-refractivity contribution in [3.8, 4) is 11.5 Å². The van der Waals surface area contributed by atoms with Gasteiger partial charge in [-0.1, -0.05) is 65.6 Å². The highest BCUT2D eigenvalue weighted by Gasteiger charge is 2.69. The molecule has 2 aromatic rings. The van der Waals surface area contributed by atoms with E-state index < -0.39 is 0 Å². The van der Waals surface area contributed by atoms with E-state index in [0.717, 1.165) is 43.2 Å². The Morgan fingerprint density at radius 1 is 0.935 bits per heavy atom. The highest BCUT2D eigenvalue weighted by Crippen LogP contribution is 2.76. The SMILES string of the molecule is CC(=O)O[C@H]1CC[C@]2(C)[C@H]3CC[C@@H]4C5=C(C(C)C)C(=O)[C@@H](c6cnc(-c7ccc(Cl)cc7)o6)C5CC[C@@]4(C)[C@]3(C)CC[C@H]2C1(C)C. The van der Waals surface area contributed by atoms with Crippen molar-refractivity contribution in [3.05, 3.63) is 52.4 Å². The third-order valence-corrected chi connectivity index (χ3v) is 14.9. The molecule has 4 saturated carbocycles. The summed E-state index contributed by atoms with van der Waals surface area (Å²) in [6, 6.07) is 7.53. The van der Waals surface area contributed by atoms with Crippen LogP contribution in [0.4, 0.5) is 0 Å². The van der Waals surface area contributed by atoms with Crippen molar-refractivity contribution in [1.29, 1.82) is 0 Å². The summed E-state index contributed by atoms with van der Waals surface area (Å²) in [6.45, 7) is 18.5. The van der Waals surface area contributed by atoms with Crippen LogP contribution in [0, 0.1) is 51.2 Å². The summed E-state index contributed by atoms with van der Waals surface area (Å²) in [5.41, 5.74) is 3.86. The number of allylic oxidation sites excluding steroid dienone is 2. The summed E-state index contributed by atoms with van der Waals surface area (Å²) in [5, 5.41) is 0.673. The van der Waals surface area contributed by atoms with Gasteiger partial charge < -0.3 is 9.15 Å². The number of nitrogens with zero attached hydrogens (tertiary/aromatic N) is 1. The smallest absolute Gasteiger partial charge is 0.302 e. The number of Topliss-reactive ketones (excluding diaryl/α,β-unsaturated/α-hetero) is 1. The highest BCUT2D eigenvalue weighted by molar-refractivity contribution is 6.30. The molecule has 5 aliphatic carbocycles.